The van der Waals surface area contributed by atoms with Crippen molar-refractivity contribution in [2.75, 3.05) is 5.32 Å². The number of aromatic nitrogens is 3. The van der Waals surface area contributed by atoms with Gasteiger partial charge in [0.2, 0.25) is 17.8 Å². The SMILES string of the molecule is CCC(C)C(N)C(=O)Nc1ncn(CC(=O)NCc2ccccc2)n1.Cl. The van der Waals surface area contributed by atoms with Crippen molar-refractivity contribution in [2.45, 2.75) is 39.4 Å². The Balaban J connectivity index is 0.00000338. The van der Waals surface area contributed by atoms with Gasteiger partial charge in [-0.2, -0.15) is 0 Å². The van der Waals surface area contributed by atoms with Crippen molar-refractivity contribution >= 4 is 30.2 Å². The fraction of sp³-hybridized carbons (Fsp3) is 0.412. The van der Waals surface area contributed by atoms with E-state index in [1.54, 1.807) is 0 Å². The highest BCUT2D eigenvalue weighted by atomic mass is 35.5. The molecule has 0 fully saturated rings. The highest BCUT2D eigenvalue weighted by molar-refractivity contribution is 5.93. The van der Waals surface area contributed by atoms with E-state index in [0.717, 1.165) is 12.0 Å². The molecular weight excluding hydrogens is 356 g/mol. The van der Waals surface area contributed by atoms with Crippen LogP contribution in [0.4, 0.5) is 5.95 Å². The molecule has 0 bridgehead atoms. The Bertz CT molecular complexity index is 706. The quantitative estimate of drug-likeness (QED) is 0.639. The lowest BCUT2D eigenvalue weighted by Crippen LogP contribution is -2.40. The van der Waals surface area contributed by atoms with Gasteiger partial charge in [0.1, 0.15) is 12.9 Å². The first-order chi connectivity index (χ1) is 12.0. The maximum atomic E-state index is 12.0. The van der Waals surface area contributed by atoms with Crippen LogP contribution in [0.3, 0.4) is 0 Å². The summed E-state index contributed by atoms with van der Waals surface area (Å²) in [5.41, 5.74) is 6.88. The minimum Gasteiger partial charge on any atom is -0.350 e. The predicted molar refractivity (Wildman–Crippen MR) is 102 cm³/mol. The average molecular weight is 381 g/mol. The third-order valence-electron chi connectivity index (χ3n) is 3.97. The van der Waals surface area contributed by atoms with E-state index in [1.165, 1.54) is 11.0 Å². The topological polar surface area (TPSA) is 115 Å². The summed E-state index contributed by atoms with van der Waals surface area (Å²) in [4.78, 5) is 27.9. The Kier molecular flexibility index (Phi) is 8.74. The van der Waals surface area contributed by atoms with Gasteiger partial charge in [-0.1, -0.05) is 50.6 Å². The van der Waals surface area contributed by atoms with Crippen LogP contribution in [0.1, 0.15) is 25.8 Å². The second-order valence-corrected chi connectivity index (χ2v) is 5.93. The molecule has 1 aromatic carbocycles. The number of benzene rings is 1. The van der Waals surface area contributed by atoms with Gasteiger partial charge >= 0.3 is 0 Å². The number of amides is 2. The summed E-state index contributed by atoms with van der Waals surface area (Å²) in [6.45, 7) is 4.35. The summed E-state index contributed by atoms with van der Waals surface area (Å²) in [5, 5.41) is 9.44. The second kappa shape index (κ2) is 10.5. The third kappa shape index (κ3) is 6.45. The zero-order valence-corrected chi connectivity index (χ0v) is 15.7. The van der Waals surface area contributed by atoms with Crippen LogP contribution in [0.25, 0.3) is 0 Å². The summed E-state index contributed by atoms with van der Waals surface area (Å²) < 4.78 is 1.37. The summed E-state index contributed by atoms with van der Waals surface area (Å²) in [6.07, 6.45) is 2.20. The summed E-state index contributed by atoms with van der Waals surface area (Å²) in [6, 6.07) is 9.00. The Hall–Kier alpha value is -2.45. The molecule has 0 saturated heterocycles. The van der Waals surface area contributed by atoms with Gasteiger partial charge < -0.3 is 11.1 Å². The Labute approximate surface area is 159 Å². The Morgan fingerprint density at radius 1 is 1.27 bits per heavy atom. The van der Waals surface area contributed by atoms with Crippen LogP contribution in [0.15, 0.2) is 36.7 Å². The van der Waals surface area contributed by atoms with Crippen LogP contribution in [-0.4, -0.2) is 32.6 Å². The zero-order chi connectivity index (χ0) is 18.2. The van der Waals surface area contributed by atoms with Crippen molar-refractivity contribution < 1.29 is 9.59 Å². The first kappa shape index (κ1) is 21.6. The monoisotopic (exact) mass is 380 g/mol. The number of carbonyl (C=O) groups is 2. The third-order valence-corrected chi connectivity index (χ3v) is 3.97. The maximum absolute atomic E-state index is 12.0. The fourth-order valence-electron chi connectivity index (χ4n) is 2.13. The van der Waals surface area contributed by atoms with Gasteiger partial charge in [-0.3, -0.25) is 14.9 Å². The first-order valence-corrected chi connectivity index (χ1v) is 8.26. The molecule has 1 aromatic heterocycles. The molecule has 8 nitrogen and oxygen atoms in total. The fourth-order valence-corrected chi connectivity index (χ4v) is 2.13. The van der Waals surface area contributed by atoms with Crippen molar-refractivity contribution in [1.29, 1.82) is 0 Å². The van der Waals surface area contributed by atoms with Crippen molar-refractivity contribution in [1.82, 2.24) is 20.1 Å². The average Bonchev–Trinajstić information content (AvgIpc) is 3.06. The summed E-state index contributed by atoms with van der Waals surface area (Å²) >= 11 is 0. The number of rotatable bonds is 8. The zero-order valence-electron chi connectivity index (χ0n) is 14.9. The number of carbonyl (C=O) groups excluding carboxylic acids is 2. The minimum absolute atomic E-state index is 0. The number of halogens is 1. The molecule has 0 aliphatic carbocycles. The van der Waals surface area contributed by atoms with E-state index in [4.69, 9.17) is 5.73 Å². The molecule has 1 heterocycles. The second-order valence-electron chi connectivity index (χ2n) is 5.93. The normalized spacial score (nSPS) is 12.6. The summed E-state index contributed by atoms with van der Waals surface area (Å²) in [7, 11) is 0. The van der Waals surface area contributed by atoms with Gasteiger partial charge in [-0.25, -0.2) is 9.67 Å². The maximum Gasteiger partial charge on any atom is 0.248 e. The van der Waals surface area contributed by atoms with Crippen LogP contribution < -0.4 is 16.4 Å². The number of hydrogen-bond donors (Lipinski definition) is 3. The van der Waals surface area contributed by atoms with E-state index >= 15 is 0 Å². The van der Waals surface area contributed by atoms with Crippen LogP contribution >= 0.6 is 12.4 Å². The van der Waals surface area contributed by atoms with Crippen LogP contribution in [0, 0.1) is 5.92 Å². The molecule has 2 rings (SSSR count). The van der Waals surface area contributed by atoms with Crippen molar-refractivity contribution in [2.24, 2.45) is 11.7 Å². The van der Waals surface area contributed by atoms with Crippen molar-refractivity contribution in [3.8, 4) is 0 Å². The molecule has 2 atom stereocenters. The molecule has 2 amide bonds. The van der Waals surface area contributed by atoms with Crippen molar-refractivity contribution in [3.63, 3.8) is 0 Å². The molecule has 0 spiro atoms. The standard InChI is InChI=1S/C17H24N6O2.ClH/c1-3-12(2)15(18)16(25)21-17-20-11-23(22-17)10-14(24)19-9-13-7-5-4-6-8-13;/h4-8,11-12,15H,3,9-10,18H2,1-2H3,(H,19,24)(H,21,22,25);1H. The van der Waals surface area contributed by atoms with Gasteiger partial charge in [-0.05, 0) is 11.5 Å². The van der Waals surface area contributed by atoms with E-state index in [9.17, 15) is 9.59 Å². The number of nitrogens with zero attached hydrogens (tertiary/aromatic N) is 3. The largest absolute Gasteiger partial charge is 0.350 e. The molecule has 0 saturated carbocycles. The van der Waals surface area contributed by atoms with Crippen LogP contribution in [0.2, 0.25) is 0 Å². The lowest BCUT2D eigenvalue weighted by molar-refractivity contribution is -0.122. The highest BCUT2D eigenvalue weighted by Crippen LogP contribution is 2.07. The van der Waals surface area contributed by atoms with Gasteiger partial charge in [-0.15, -0.1) is 17.5 Å². The van der Waals surface area contributed by atoms with Gasteiger partial charge in [0.25, 0.3) is 0 Å². The van der Waals surface area contributed by atoms with Crippen molar-refractivity contribution in [3.05, 3.63) is 42.2 Å². The molecule has 9 heteroatoms. The van der Waals surface area contributed by atoms with E-state index in [0.29, 0.717) is 6.54 Å². The highest BCUT2D eigenvalue weighted by Gasteiger charge is 2.20. The number of hydrogen-bond acceptors (Lipinski definition) is 5. The van der Waals surface area contributed by atoms with Crippen LogP contribution in [-0.2, 0) is 22.7 Å². The molecule has 0 aliphatic rings. The van der Waals surface area contributed by atoms with Gasteiger partial charge in [0, 0.05) is 6.54 Å². The van der Waals surface area contributed by atoms with E-state index < -0.39 is 6.04 Å². The lowest BCUT2D eigenvalue weighted by Gasteiger charge is -2.16. The number of anilines is 1. The van der Waals surface area contributed by atoms with E-state index in [2.05, 4.69) is 20.7 Å². The minimum atomic E-state index is -0.619. The molecule has 142 valence electrons. The molecule has 2 unspecified atom stereocenters. The molecule has 4 N–H and O–H groups in total. The molecule has 0 aliphatic heterocycles. The molecule has 2 aromatic rings. The molecule has 26 heavy (non-hydrogen) atoms. The van der Waals surface area contributed by atoms with Crippen LogP contribution in [0.5, 0.6) is 0 Å². The number of nitrogens with two attached hydrogens (primary N) is 1. The van der Waals surface area contributed by atoms with E-state index in [-0.39, 0.29) is 42.6 Å². The van der Waals surface area contributed by atoms with Gasteiger partial charge in [0.05, 0.1) is 6.04 Å². The molecule has 0 radical (unpaired) electrons. The van der Waals surface area contributed by atoms with Gasteiger partial charge in [0.15, 0.2) is 0 Å². The van der Waals surface area contributed by atoms with E-state index in [1.807, 2.05) is 44.2 Å². The Morgan fingerprint density at radius 3 is 2.62 bits per heavy atom. The predicted octanol–water partition coefficient (Wildman–Crippen LogP) is 1.33. The summed E-state index contributed by atoms with van der Waals surface area (Å²) in [5.74, 6) is -0.325. The lowest BCUT2D eigenvalue weighted by atomic mass is 10.00. The smallest absolute Gasteiger partial charge is 0.248 e. The first-order valence-electron chi connectivity index (χ1n) is 8.26. The number of nitrogens with one attached hydrogen (secondary N) is 2. The Morgan fingerprint density at radius 2 is 1.96 bits per heavy atom. The molecular formula is C17H25ClN6O2.